The monoisotopic (exact) mass is 469 g/mol. The smallest absolute Gasteiger partial charge is 0.212 e. The van der Waals surface area contributed by atoms with E-state index in [1.165, 1.54) is 87.2 Å². The third kappa shape index (κ3) is 10.5. The van der Waals surface area contributed by atoms with Crippen molar-refractivity contribution in [1.82, 2.24) is 0 Å². The molecule has 0 atom stereocenters. The van der Waals surface area contributed by atoms with Crippen LogP contribution < -0.4 is 4.57 Å². The van der Waals surface area contributed by atoms with Crippen molar-refractivity contribution in [2.24, 2.45) is 0 Å². The molecule has 0 aliphatic carbocycles. The lowest BCUT2D eigenvalue weighted by Crippen LogP contribution is -2.33. The van der Waals surface area contributed by atoms with Gasteiger partial charge in [-0.15, -0.1) is 0 Å². The second-order valence-electron chi connectivity index (χ2n) is 8.71. The number of nitrogens with zero attached hydrogens (tertiary/aromatic N) is 1. The summed E-state index contributed by atoms with van der Waals surface area (Å²) in [6.07, 6.45) is 16.2. The average Bonchev–Trinajstić information content (AvgIpc) is 2.80. The van der Waals surface area contributed by atoms with Crippen molar-refractivity contribution in [3.8, 4) is 0 Å². The Morgan fingerprint density at radius 3 is 1.88 bits per heavy atom. The molecule has 0 saturated carbocycles. The minimum absolute atomic E-state index is 0.178. The minimum atomic E-state index is -4.27. The van der Waals surface area contributed by atoms with Gasteiger partial charge in [0, 0.05) is 23.9 Å². The topological polar surface area (TPSA) is 61.1 Å². The summed E-state index contributed by atoms with van der Waals surface area (Å²) >= 11 is 0. The van der Waals surface area contributed by atoms with E-state index in [9.17, 15) is 13.0 Å². The van der Waals surface area contributed by atoms with Gasteiger partial charge in [-0.2, -0.15) is 4.57 Å². The number of hydrogen-bond acceptors (Lipinski definition) is 3. The molecule has 1 heterocycles. The van der Waals surface area contributed by atoms with Gasteiger partial charge in [0.15, 0.2) is 6.20 Å². The molecule has 180 valence electrons. The predicted molar refractivity (Wildman–Crippen MR) is 135 cm³/mol. The molecule has 3 rings (SSSR count). The summed E-state index contributed by atoms with van der Waals surface area (Å²) in [5.74, 6) is 0. The molecule has 0 N–H and O–H groups in total. The zero-order chi connectivity index (χ0) is 23.9. The summed E-state index contributed by atoms with van der Waals surface area (Å²) in [6.45, 7) is 5.26. The highest BCUT2D eigenvalue weighted by molar-refractivity contribution is 7.85. The van der Waals surface area contributed by atoms with Crippen molar-refractivity contribution < 1.29 is 17.5 Å². The molecule has 0 bridgehead atoms. The van der Waals surface area contributed by atoms with Crippen LogP contribution in [0.3, 0.4) is 0 Å². The maximum Gasteiger partial charge on any atom is 0.212 e. The molecule has 0 aliphatic heterocycles. The van der Waals surface area contributed by atoms with Gasteiger partial charge >= 0.3 is 0 Å². The molecule has 0 unspecified atom stereocenters. The van der Waals surface area contributed by atoms with Crippen molar-refractivity contribution in [1.29, 1.82) is 0 Å². The number of aromatic nitrogens is 1. The van der Waals surface area contributed by atoms with Gasteiger partial charge in [0.2, 0.25) is 5.52 Å². The Kier molecular flexibility index (Phi) is 12.1. The summed E-state index contributed by atoms with van der Waals surface area (Å²) in [5.41, 5.74) is 2.29. The molecule has 1 aromatic heterocycles. The van der Waals surface area contributed by atoms with Crippen LogP contribution in [0.2, 0.25) is 0 Å². The van der Waals surface area contributed by atoms with Gasteiger partial charge < -0.3 is 4.55 Å². The zero-order valence-corrected chi connectivity index (χ0v) is 21.0. The van der Waals surface area contributed by atoms with E-state index in [-0.39, 0.29) is 4.90 Å². The Labute approximate surface area is 200 Å². The van der Waals surface area contributed by atoms with Gasteiger partial charge in [0.25, 0.3) is 0 Å². The van der Waals surface area contributed by atoms with Crippen LogP contribution in [-0.4, -0.2) is 13.0 Å². The molecular formula is C28H39NO3S. The summed E-state index contributed by atoms with van der Waals surface area (Å²) in [4.78, 5) is -0.178. The summed E-state index contributed by atoms with van der Waals surface area (Å²) in [5, 5.41) is 1.34. The summed E-state index contributed by atoms with van der Waals surface area (Å²) in [7, 11) is -4.27. The van der Waals surface area contributed by atoms with Crippen LogP contribution >= 0.6 is 0 Å². The molecule has 3 aromatic rings. The normalized spacial score (nSPS) is 11.2. The highest BCUT2D eigenvalue weighted by atomic mass is 32.2. The molecule has 0 fully saturated rings. The highest BCUT2D eigenvalue weighted by Crippen LogP contribution is 2.12. The van der Waals surface area contributed by atoms with Crippen LogP contribution in [0.15, 0.2) is 71.8 Å². The Balaban J connectivity index is 0.000000294. The minimum Gasteiger partial charge on any atom is -0.744 e. The lowest BCUT2D eigenvalue weighted by atomic mass is 10.1. The van der Waals surface area contributed by atoms with Crippen molar-refractivity contribution in [3.63, 3.8) is 0 Å². The number of unbranched alkanes of at least 4 members (excludes halogenated alkanes) is 9. The summed E-state index contributed by atoms with van der Waals surface area (Å²) < 4.78 is 33.6. The Morgan fingerprint density at radius 2 is 1.27 bits per heavy atom. The van der Waals surface area contributed by atoms with Crippen LogP contribution in [0, 0.1) is 6.92 Å². The van der Waals surface area contributed by atoms with Gasteiger partial charge in [-0.25, -0.2) is 8.42 Å². The molecule has 0 saturated heterocycles. The molecule has 4 nitrogen and oxygen atoms in total. The fraction of sp³-hybridized carbons (Fsp3) is 0.464. The lowest BCUT2D eigenvalue weighted by molar-refractivity contribution is -0.671. The van der Waals surface area contributed by atoms with Crippen LogP contribution in [0.4, 0.5) is 0 Å². The zero-order valence-electron chi connectivity index (χ0n) is 20.2. The summed E-state index contributed by atoms with van der Waals surface area (Å²) in [6, 6.07) is 18.8. The molecule has 0 radical (unpaired) electrons. The number of rotatable bonds is 12. The maximum atomic E-state index is 10.4. The highest BCUT2D eigenvalue weighted by Gasteiger charge is 2.06. The van der Waals surface area contributed by atoms with E-state index in [0.717, 1.165) is 12.1 Å². The molecule has 0 amide bonds. The van der Waals surface area contributed by atoms with E-state index >= 15 is 0 Å². The van der Waals surface area contributed by atoms with Gasteiger partial charge in [0.1, 0.15) is 16.7 Å². The van der Waals surface area contributed by atoms with Crippen molar-refractivity contribution in [2.75, 3.05) is 0 Å². The van der Waals surface area contributed by atoms with E-state index < -0.39 is 10.1 Å². The van der Waals surface area contributed by atoms with E-state index in [1.54, 1.807) is 12.1 Å². The van der Waals surface area contributed by atoms with Crippen molar-refractivity contribution in [2.45, 2.75) is 89.5 Å². The Morgan fingerprint density at radius 1 is 0.727 bits per heavy atom. The average molecular weight is 470 g/mol. The first-order chi connectivity index (χ1) is 15.9. The van der Waals surface area contributed by atoms with E-state index in [2.05, 4.69) is 54.1 Å². The van der Waals surface area contributed by atoms with Crippen molar-refractivity contribution in [3.05, 3.63) is 72.4 Å². The molecule has 5 heteroatoms. The number of aryl methyl sites for hydroxylation is 2. The first kappa shape index (κ1) is 27.0. The first-order valence-electron chi connectivity index (χ1n) is 12.3. The molecule has 2 aromatic carbocycles. The fourth-order valence-electron chi connectivity index (χ4n) is 3.89. The SMILES string of the molecule is CCCCCCCCCCCC[n+]1cccc2ccccc21.Cc1ccc(S(=O)(=O)[O-])cc1. The van der Waals surface area contributed by atoms with E-state index in [0.29, 0.717) is 0 Å². The predicted octanol–water partition coefficient (Wildman–Crippen LogP) is 6.95. The Hall–Kier alpha value is -2.24. The fourth-order valence-corrected chi connectivity index (χ4v) is 4.36. The molecular weight excluding hydrogens is 430 g/mol. The number of hydrogen-bond donors (Lipinski definition) is 0. The second kappa shape index (κ2) is 14.8. The maximum absolute atomic E-state index is 10.4. The van der Waals surface area contributed by atoms with Gasteiger partial charge in [-0.05, 0) is 37.6 Å². The van der Waals surface area contributed by atoms with Crippen LogP contribution in [0.1, 0.15) is 76.7 Å². The van der Waals surface area contributed by atoms with Gasteiger partial charge in [0.05, 0.1) is 4.90 Å². The largest absolute Gasteiger partial charge is 0.744 e. The third-order valence-corrected chi connectivity index (χ3v) is 6.70. The number of fused-ring (bicyclic) bond motifs is 1. The van der Waals surface area contributed by atoms with Crippen LogP contribution in [0.5, 0.6) is 0 Å². The number of pyridine rings is 1. The Bertz CT molecular complexity index is 1040. The lowest BCUT2D eigenvalue weighted by Gasteiger charge is -2.05. The van der Waals surface area contributed by atoms with Crippen molar-refractivity contribution >= 4 is 21.0 Å². The molecule has 33 heavy (non-hydrogen) atoms. The van der Waals surface area contributed by atoms with E-state index in [4.69, 9.17) is 0 Å². The standard InChI is InChI=1S/C21H32N.C7H8O3S/c1-2-3-4-5-6-7-8-9-10-13-18-22-19-14-16-20-15-11-12-17-21(20)22;1-6-2-4-7(5-3-6)11(8,9)10/h11-12,14-17,19H,2-10,13,18H2,1H3;2-5H,1H3,(H,8,9,10)/q+1;/p-1. The third-order valence-electron chi connectivity index (χ3n) is 5.85. The van der Waals surface area contributed by atoms with Gasteiger partial charge in [-0.3, -0.25) is 0 Å². The molecule has 0 aliphatic rings. The molecule has 0 spiro atoms. The van der Waals surface area contributed by atoms with Crippen LogP contribution in [0.25, 0.3) is 10.9 Å². The van der Waals surface area contributed by atoms with E-state index in [1.807, 2.05) is 6.92 Å². The number of benzene rings is 2. The quantitative estimate of drug-likeness (QED) is 0.164. The van der Waals surface area contributed by atoms with Crippen LogP contribution in [-0.2, 0) is 16.7 Å². The number of para-hydroxylation sites is 1. The second-order valence-corrected chi connectivity index (χ2v) is 10.1. The van der Waals surface area contributed by atoms with Gasteiger partial charge in [-0.1, -0.05) is 88.1 Å². The first-order valence-corrected chi connectivity index (χ1v) is 13.7.